The topological polar surface area (TPSA) is 95.3 Å². The van der Waals surface area contributed by atoms with Crippen LogP contribution in [0.1, 0.15) is 39.3 Å². The second-order valence-electron chi connectivity index (χ2n) is 6.76. The van der Waals surface area contributed by atoms with E-state index in [1.807, 2.05) is 0 Å². The van der Waals surface area contributed by atoms with Gasteiger partial charge in [-0.2, -0.15) is 0 Å². The normalized spacial score (nSPS) is 14.5. The summed E-state index contributed by atoms with van der Waals surface area (Å²) in [5, 5.41) is 11.1. The van der Waals surface area contributed by atoms with Crippen molar-refractivity contribution in [2.75, 3.05) is 13.2 Å². The van der Waals surface area contributed by atoms with Crippen molar-refractivity contribution in [1.82, 2.24) is 20.3 Å². The van der Waals surface area contributed by atoms with Crippen LogP contribution in [0.3, 0.4) is 0 Å². The van der Waals surface area contributed by atoms with Crippen LogP contribution in [-0.2, 0) is 19.1 Å². The maximum Gasteiger partial charge on any atom is 0.336 e. The first-order valence-corrected chi connectivity index (χ1v) is 9.68. The quantitative estimate of drug-likeness (QED) is 0.702. The Bertz CT molecular complexity index is 1050. The van der Waals surface area contributed by atoms with Gasteiger partial charge in [0, 0.05) is 17.5 Å². The molecule has 1 aliphatic rings. The third kappa shape index (κ3) is 4.32. The monoisotopic (exact) mass is 432 g/mol. The highest BCUT2D eigenvalue weighted by atomic mass is 19.2. The molecule has 1 aromatic carbocycles. The van der Waals surface area contributed by atoms with Crippen LogP contribution in [0.5, 0.6) is 0 Å². The van der Waals surface area contributed by atoms with Crippen LogP contribution in [0.2, 0.25) is 0 Å². The maximum absolute atomic E-state index is 13.7. The molecule has 2 aromatic rings. The van der Waals surface area contributed by atoms with Gasteiger partial charge in [-0.05, 0) is 39.8 Å². The van der Waals surface area contributed by atoms with Gasteiger partial charge in [0.15, 0.2) is 11.6 Å². The van der Waals surface area contributed by atoms with E-state index in [-0.39, 0.29) is 35.7 Å². The van der Waals surface area contributed by atoms with Crippen molar-refractivity contribution in [2.45, 2.75) is 33.6 Å². The number of ether oxygens (including phenoxy) is 2. The number of allylic oxidation sites excluding steroid dienone is 2. The van der Waals surface area contributed by atoms with Crippen molar-refractivity contribution in [1.29, 1.82) is 0 Å². The molecule has 1 N–H and O–H groups in total. The third-order valence-corrected chi connectivity index (χ3v) is 4.73. The van der Waals surface area contributed by atoms with E-state index in [2.05, 4.69) is 15.6 Å². The summed E-state index contributed by atoms with van der Waals surface area (Å²) in [5.74, 6) is -4.18. The first-order chi connectivity index (χ1) is 14.8. The molecule has 0 fully saturated rings. The fourth-order valence-corrected chi connectivity index (χ4v) is 3.41. The summed E-state index contributed by atoms with van der Waals surface area (Å²) in [4.78, 5) is 25.5. The Morgan fingerprint density at radius 1 is 1.03 bits per heavy atom. The van der Waals surface area contributed by atoms with Crippen LogP contribution in [0.15, 0.2) is 46.9 Å². The van der Waals surface area contributed by atoms with E-state index in [9.17, 15) is 18.4 Å². The van der Waals surface area contributed by atoms with Gasteiger partial charge >= 0.3 is 11.9 Å². The zero-order chi connectivity index (χ0) is 22.7. The number of hydrogen-bond donors (Lipinski definition) is 1. The minimum absolute atomic E-state index is 0.140. The molecule has 0 amide bonds. The van der Waals surface area contributed by atoms with Crippen LogP contribution >= 0.6 is 0 Å². The fourth-order valence-electron chi connectivity index (χ4n) is 3.41. The lowest BCUT2D eigenvalue weighted by molar-refractivity contribution is -0.139. The number of halogens is 2. The second-order valence-corrected chi connectivity index (χ2v) is 6.76. The zero-order valence-corrected chi connectivity index (χ0v) is 17.5. The smallest absolute Gasteiger partial charge is 0.336 e. The molecule has 10 heteroatoms. The van der Waals surface area contributed by atoms with Gasteiger partial charge in [-0.1, -0.05) is 5.21 Å². The molecule has 0 radical (unpaired) electrons. The summed E-state index contributed by atoms with van der Waals surface area (Å²) in [6.45, 7) is 7.00. The van der Waals surface area contributed by atoms with E-state index < -0.39 is 29.5 Å². The number of carbonyl (C=O) groups is 2. The Morgan fingerprint density at radius 2 is 1.61 bits per heavy atom. The van der Waals surface area contributed by atoms with Gasteiger partial charge in [-0.15, -0.1) is 5.10 Å². The first-order valence-electron chi connectivity index (χ1n) is 9.68. The van der Waals surface area contributed by atoms with Crippen molar-refractivity contribution in [2.24, 2.45) is 0 Å². The molecule has 0 bridgehead atoms. The van der Waals surface area contributed by atoms with Crippen LogP contribution in [0.25, 0.3) is 5.69 Å². The van der Waals surface area contributed by atoms with E-state index in [0.717, 1.165) is 12.1 Å². The number of esters is 2. The highest BCUT2D eigenvalue weighted by Crippen LogP contribution is 2.38. The molecule has 0 saturated carbocycles. The molecule has 31 heavy (non-hydrogen) atoms. The lowest BCUT2D eigenvalue weighted by atomic mass is 9.83. The van der Waals surface area contributed by atoms with Gasteiger partial charge in [0.2, 0.25) is 0 Å². The molecule has 0 saturated heterocycles. The van der Waals surface area contributed by atoms with Crippen LogP contribution in [0, 0.1) is 11.6 Å². The fraction of sp³-hybridized carbons (Fsp3) is 0.333. The van der Waals surface area contributed by atoms with Gasteiger partial charge in [0.05, 0.1) is 47.9 Å². The molecule has 1 aliphatic heterocycles. The van der Waals surface area contributed by atoms with Gasteiger partial charge in [-0.25, -0.2) is 23.1 Å². The van der Waals surface area contributed by atoms with Crippen molar-refractivity contribution >= 4 is 11.9 Å². The van der Waals surface area contributed by atoms with Crippen molar-refractivity contribution in [3.05, 3.63) is 64.3 Å². The molecular weight excluding hydrogens is 410 g/mol. The minimum atomic E-state index is -1.04. The molecule has 2 heterocycles. The molecule has 0 atom stereocenters. The zero-order valence-electron chi connectivity index (χ0n) is 17.5. The predicted molar refractivity (Wildman–Crippen MR) is 106 cm³/mol. The lowest BCUT2D eigenvalue weighted by Crippen LogP contribution is -2.32. The SMILES string of the molecule is CCOC(=O)C1=C(C)NC(C)=C(C(=O)OCC)C1c1cn(-c2ccc(F)c(F)c2)nn1. The van der Waals surface area contributed by atoms with E-state index in [1.165, 1.54) is 16.9 Å². The van der Waals surface area contributed by atoms with Gasteiger partial charge in [0.25, 0.3) is 0 Å². The van der Waals surface area contributed by atoms with E-state index in [4.69, 9.17) is 9.47 Å². The van der Waals surface area contributed by atoms with Gasteiger partial charge < -0.3 is 14.8 Å². The number of dihydropyridines is 1. The number of benzene rings is 1. The summed E-state index contributed by atoms with van der Waals surface area (Å²) in [6.07, 6.45) is 1.45. The van der Waals surface area contributed by atoms with Crippen LogP contribution < -0.4 is 5.32 Å². The number of hydrogen-bond acceptors (Lipinski definition) is 7. The second kappa shape index (κ2) is 9.07. The Balaban J connectivity index is 2.12. The average molecular weight is 432 g/mol. The molecule has 8 nitrogen and oxygen atoms in total. The molecule has 0 aliphatic carbocycles. The molecule has 164 valence electrons. The Labute approximate surface area is 177 Å². The predicted octanol–water partition coefficient (Wildman–Crippen LogP) is 2.91. The van der Waals surface area contributed by atoms with Crippen LogP contribution in [-0.4, -0.2) is 40.1 Å². The molecule has 3 rings (SSSR count). The minimum Gasteiger partial charge on any atom is -0.463 e. The van der Waals surface area contributed by atoms with Crippen molar-refractivity contribution < 1.29 is 27.8 Å². The summed E-state index contributed by atoms with van der Waals surface area (Å²) < 4.78 is 38.5. The summed E-state index contributed by atoms with van der Waals surface area (Å²) in [5.41, 5.74) is 1.84. The molecule has 0 spiro atoms. The third-order valence-electron chi connectivity index (χ3n) is 4.73. The van der Waals surface area contributed by atoms with E-state index in [1.54, 1.807) is 27.7 Å². The van der Waals surface area contributed by atoms with E-state index in [0.29, 0.717) is 11.4 Å². The Morgan fingerprint density at radius 3 is 2.13 bits per heavy atom. The van der Waals surface area contributed by atoms with Gasteiger partial charge in [0.1, 0.15) is 0 Å². The Hall–Kier alpha value is -3.56. The summed E-state index contributed by atoms with van der Waals surface area (Å²) in [7, 11) is 0. The highest BCUT2D eigenvalue weighted by molar-refractivity contribution is 5.99. The van der Waals surface area contributed by atoms with Crippen molar-refractivity contribution in [3.8, 4) is 5.69 Å². The summed E-state index contributed by atoms with van der Waals surface area (Å²) >= 11 is 0. The largest absolute Gasteiger partial charge is 0.463 e. The Kier molecular flexibility index (Phi) is 6.47. The lowest BCUT2D eigenvalue weighted by Gasteiger charge is -2.28. The highest BCUT2D eigenvalue weighted by Gasteiger charge is 2.39. The van der Waals surface area contributed by atoms with E-state index >= 15 is 0 Å². The summed E-state index contributed by atoms with van der Waals surface area (Å²) in [6, 6.07) is 3.27. The molecular formula is C21H22F2N4O4. The maximum atomic E-state index is 13.7. The average Bonchev–Trinajstić information content (AvgIpc) is 3.19. The number of carbonyl (C=O) groups excluding carboxylic acids is 2. The number of rotatable bonds is 6. The van der Waals surface area contributed by atoms with Crippen LogP contribution in [0.4, 0.5) is 8.78 Å². The first kappa shape index (κ1) is 22.1. The number of nitrogens with one attached hydrogen (secondary N) is 1. The number of nitrogens with zero attached hydrogens (tertiary/aromatic N) is 3. The number of aromatic nitrogens is 3. The molecule has 0 unspecified atom stereocenters. The van der Waals surface area contributed by atoms with Crippen molar-refractivity contribution in [3.63, 3.8) is 0 Å². The standard InChI is InChI=1S/C21H22F2N4O4/c1-5-30-20(28)17-11(3)24-12(4)18(21(29)31-6-2)19(17)16-10-27(26-25-16)13-7-8-14(22)15(23)9-13/h7-10,19,24H,5-6H2,1-4H3. The van der Waals surface area contributed by atoms with Gasteiger partial charge in [-0.3, -0.25) is 0 Å². The molecule has 1 aromatic heterocycles.